The number of hydrogen-bond donors (Lipinski definition) is 0. The fraction of sp³-hybridized carbons (Fsp3) is 0.400. The van der Waals surface area contributed by atoms with Gasteiger partial charge in [-0.25, -0.2) is 0 Å². The van der Waals surface area contributed by atoms with Crippen molar-refractivity contribution in [1.29, 1.82) is 5.26 Å². The number of rotatable bonds is 5. The number of carbonyl (C=O) groups is 1. The molecule has 0 radical (unpaired) electrons. The van der Waals surface area contributed by atoms with E-state index in [4.69, 9.17) is 5.26 Å². The average Bonchev–Trinajstić information content (AvgIpc) is 3.06. The van der Waals surface area contributed by atoms with Gasteiger partial charge in [-0.3, -0.25) is 9.69 Å². The molecule has 4 nitrogen and oxygen atoms in total. The average molecular weight is 353 g/mol. The molecule has 5 heteroatoms. The van der Waals surface area contributed by atoms with Gasteiger partial charge in [-0.1, -0.05) is 18.2 Å². The lowest BCUT2D eigenvalue weighted by molar-refractivity contribution is -0.131. The molecule has 1 aliphatic heterocycles. The van der Waals surface area contributed by atoms with Crippen LogP contribution in [0.5, 0.6) is 0 Å². The van der Waals surface area contributed by atoms with E-state index in [0.717, 1.165) is 45.6 Å². The Balaban J connectivity index is 1.47. The van der Waals surface area contributed by atoms with Gasteiger partial charge in [0, 0.05) is 44.0 Å². The first kappa shape index (κ1) is 17.7. The minimum Gasteiger partial charge on any atom is -0.341 e. The third-order valence-corrected chi connectivity index (χ3v) is 5.53. The molecule has 0 atom stereocenters. The summed E-state index contributed by atoms with van der Waals surface area (Å²) in [4.78, 5) is 18.2. The van der Waals surface area contributed by atoms with Crippen molar-refractivity contribution < 1.29 is 4.79 Å². The zero-order valence-electron chi connectivity index (χ0n) is 14.4. The highest BCUT2D eigenvalue weighted by Gasteiger charge is 2.19. The molecule has 1 fully saturated rings. The Bertz CT molecular complexity index is 718. The third kappa shape index (κ3) is 5.15. The van der Waals surface area contributed by atoms with Crippen LogP contribution >= 0.6 is 11.3 Å². The Labute approximate surface area is 153 Å². The standard InChI is InChI=1S/C20H23N3OS/c21-15-17-4-6-18(7-5-17)16-22-10-2-11-23(13-12-22)20(24)9-8-19-3-1-14-25-19/h1,3-7,14H,2,8-13,16H2. The highest BCUT2D eigenvalue weighted by Crippen LogP contribution is 2.14. The topological polar surface area (TPSA) is 47.3 Å². The van der Waals surface area contributed by atoms with Gasteiger partial charge in [0.2, 0.25) is 5.91 Å². The van der Waals surface area contributed by atoms with Crippen molar-refractivity contribution in [1.82, 2.24) is 9.80 Å². The SMILES string of the molecule is N#Cc1ccc(CN2CCCN(C(=O)CCc3cccs3)CC2)cc1. The van der Waals surface area contributed by atoms with Crippen LogP contribution in [0.25, 0.3) is 0 Å². The van der Waals surface area contributed by atoms with E-state index in [1.807, 2.05) is 35.2 Å². The largest absolute Gasteiger partial charge is 0.341 e. The van der Waals surface area contributed by atoms with Crippen molar-refractivity contribution >= 4 is 17.2 Å². The summed E-state index contributed by atoms with van der Waals surface area (Å²) in [5.41, 5.74) is 1.92. The van der Waals surface area contributed by atoms with Crippen molar-refractivity contribution in [3.05, 3.63) is 57.8 Å². The number of nitrogens with zero attached hydrogens (tertiary/aromatic N) is 3. The second-order valence-corrected chi connectivity index (χ2v) is 7.43. The summed E-state index contributed by atoms with van der Waals surface area (Å²) in [6.45, 7) is 4.45. The number of carbonyl (C=O) groups excluding carboxylic acids is 1. The zero-order valence-corrected chi connectivity index (χ0v) is 15.2. The second-order valence-electron chi connectivity index (χ2n) is 6.40. The predicted octanol–water partition coefficient (Wildman–Crippen LogP) is 3.29. The first-order valence-electron chi connectivity index (χ1n) is 8.76. The van der Waals surface area contributed by atoms with Crippen LogP contribution in [0.1, 0.15) is 28.8 Å². The summed E-state index contributed by atoms with van der Waals surface area (Å²) in [5.74, 6) is 0.272. The first-order valence-corrected chi connectivity index (χ1v) is 9.64. The molecule has 25 heavy (non-hydrogen) atoms. The number of thiophene rings is 1. The van der Waals surface area contributed by atoms with Gasteiger partial charge in [0.1, 0.15) is 0 Å². The van der Waals surface area contributed by atoms with Gasteiger partial charge < -0.3 is 4.90 Å². The first-order chi connectivity index (χ1) is 12.2. The van der Waals surface area contributed by atoms with Crippen LogP contribution in [0.2, 0.25) is 0 Å². The molecule has 1 aliphatic rings. The number of benzene rings is 1. The summed E-state index contributed by atoms with van der Waals surface area (Å²) in [6, 6.07) is 14.1. The third-order valence-electron chi connectivity index (χ3n) is 4.60. The Kier molecular flexibility index (Phi) is 6.21. The molecule has 0 saturated carbocycles. The molecule has 0 unspecified atom stereocenters. The molecule has 1 amide bonds. The monoisotopic (exact) mass is 353 g/mol. The number of aryl methyl sites for hydroxylation is 1. The normalized spacial score (nSPS) is 15.6. The maximum atomic E-state index is 12.5. The van der Waals surface area contributed by atoms with Crippen LogP contribution in [0.15, 0.2) is 41.8 Å². The van der Waals surface area contributed by atoms with Crippen LogP contribution in [0.4, 0.5) is 0 Å². The summed E-state index contributed by atoms with van der Waals surface area (Å²) in [7, 11) is 0. The molecule has 2 heterocycles. The molecule has 1 aromatic heterocycles. The van der Waals surface area contributed by atoms with Gasteiger partial charge in [-0.05, 0) is 42.0 Å². The van der Waals surface area contributed by atoms with Gasteiger partial charge in [0.05, 0.1) is 11.6 Å². The molecular formula is C20H23N3OS. The molecule has 0 bridgehead atoms. The zero-order chi connectivity index (χ0) is 17.5. The van der Waals surface area contributed by atoms with Gasteiger partial charge >= 0.3 is 0 Å². The maximum absolute atomic E-state index is 12.5. The maximum Gasteiger partial charge on any atom is 0.222 e. The van der Waals surface area contributed by atoms with Crippen LogP contribution in [-0.4, -0.2) is 41.9 Å². The highest BCUT2D eigenvalue weighted by atomic mass is 32.1. The van der Waals surface area contributed by atoms with E-state index in [9.17, 15) is 4.79 Å². The molecule has 1 aromatic carbocycles. The smallest absolute Gasteiger partial charge is 0.222 e. The Morgan fingerprint density at radius 2 is 1.96 bits per heavy atom. The molecule has 130 valence electrons. The van der Waals surface area contributed by atoms with Crippen molar-refractivity contribution in [2.45, 2.75) is 25.8 Å². The van der Waals surface area contributed by atoms with Crippen LogP contribution in [-0.2, 0) is 17.8 Å². The molecule has 0 spiro atoms. The van der Waals surface area contributed by atoms with Crippen LogP contribution < -0.4 is 0 Å². The highest BCUT2D eigenvalue weighted by molar-refractivity contribution is 7.09. The fourth-order valence-electron chi connectivity index (χ4n) is 3.16. The molecule has 0 N–H and O–H groups in total. The Hall–Kier alpha value is -2.16. The fourth-order valence-corrected chi connectivity index (χ4v) is 3.87. The summed E-state index contributed by atoms with van der Waals surface area (Å²) >= 11 is 1.72. The molecular weight excluding hydrogens is 330 g/mol. The van der Waals surface area contributed by atoms with E-state index in [0.29, 0.717) is 12.0 Å². The molecule has 0 aliphatic carbocycles. The summed E-state index contributed by atoms with van der Waals surface area (Å²) in [5, 5.41) is 10.9. The lowest BCUT2D eigenvalue weighted by atomic mass is 10.1. The van der Waals surface area contributed by atoms with E-state index in [-0.39, 0.29) is 5.91 Å². The van der Waals surface area contributed by atoms with Gasteiger partial charge in [0.15, 0.2) is 0 Å². The molecule has 3 rings (SSSR count). The van der Waals surface area contributed by atoms with Crippen molar-refractivity contribution in [3.63, 3.8) is 0 Å². The quantitative estimate of drug-likeness (QED) is 0.829. The Morgan fingerprint density at radius 3 is 2.68 bits per heavy atom. The van der Waals surface area contributed by atoms with Crippen LogP contribution in [0.3, 0.4) is 0 Å². The number of hydrogen-bond acceptors (Lipinski definition) is 4. The van der Waals surface area contributed by atoms with E-state index >= 15 is 0 Å². The van der Waals surface area contributed by atoms with Crippen molar-refractivity contribution in [2.24, 2.45) is 0 Å². The molecule has 2 aromatic rings. The van der Waals surface area contributed by atoms with E-state index < -0.39 is 0 Å². The summed E-state index contributed by atoms with van der Waals surface area (Å²) in [6.07, 6.45) is 2.47. The minimum atomic E-state index is 0.272. The van der Waals surface area contributed by atoms with E-state index in [1.165, 1.54) is 10.4 Å². The molecule has 1 saturated heterocycles. The predicted molar refractivity (Wildman–Crippen MR) is 100 cm³/mol. The van der Waals surface area contributed by atoms with Gasteiger partial charge in [0.25, 0.3) is 0 Å². The van der Waals surface area contributed by atoms with Gasteiger partial charge in [-0.15, -0.1) is 11.3 Å². The van der Waals surface area contributed by atoms with Gasteiger partial charge in [-0.2, -0.15) is 5.26 Å². The van der Waals surface area contributed by atoms with Crippen molar-refractivity contribution in [2.75, 3.05) is 26.2 Å². The van der Waals surface area contributed by atoms with E-state index in [1.54, 1.807) is 11.3 Å². The Morgan fingerprint density at radius 1 is 1.12 bits per heavy atom. The van der Waals surface area contributed by atoms with Crippen LogP contribution in [0, 0.1) is 11.3 Å². The number of amides is 1. The lowest BCUT2D eigenvalue weighted by Gasteiger charge is -2.22. The summed E-state index contributed by atoms with van der Waals surface area (Å²) < 4.78 is 0. The van der Waals surface area contributed by atoms with Crippen molar-refractivity contribution in [3.8, 4) is 6.07 Å². The van der Waals surface area contributed by atoms with E-state index in [2.05, 4.69) is 22.4 Å². The minimum absolute atomic E-state index is 0.272. The second kappa shape index (κ2) is 8.80. The number of nitriles is 1. The lowest BCUT2D eigenvalue weighted by Crippen LogP contribution is -2.35.